The van der Waals surface area contributed by atoms with Gasteiger partial charge in [0.25, 0.3) is 0 Å². The minimum absolute atomic E-state index is 0.342. The molecule has 0 aromatic heterocycles. The van der Waals surface area contributed by atoms with Crippen molar-refractivity contribution >= 4 is 10.1 Å². The lowest BCUT2D eigenvalue weighted by atomic mass is 9.84. The maximum Gasteiger partial charge on any atom is 0.331 e. The van der Waals surface area contributed by atoms with Crippen LogP contribution in [0.5, 0.6) is 5.75 Å². The molecule has 0 radical (unpaired) electrons. The Morgan fingerprint density at radius 1 is 1.11 bits per heavy atom. The molecule has 0 aliphatic heterocycles. The van der Waals surface area contributed by atoms with Gasteiger partial charge in [-0.2, -0.15) is 8.42 Å². The van der Waals surface area contributed by atoms with Crippen molar-refractivity contribution in [1.82, 2.24) is 0 Å². The molecule has 0 spiro atoms. The topological polar surface area (TPSA) is 43.4 Å². The molecule has 1 aliphatic rings. The van der Waals surface area contributed by atoms with Crippen LogP contribution in [0.25, 0.3) is 0 Å². The molecule has 0 atom stereocenters. The Morgan fingerprint density at radius 2 is 1.72 bits per heavy atom. The molecule has 0 N–H and O–H groups in total. The van der Waals surface area contributed by atoms with Crippen LogP contribution in [0.2, 0.25) is 0 Å². The van der Waals surface area contributed by atoms with Crippen molar-refractivity contribution < 1.29 is 12.6 Å². The van der Waals surface area contributed by atoms with E-state index in [2.05, 4.69) is 6.58 Å². The first kappa shape index (κ1) is 13.1. The molecule has 0 unspecified atom stereocenters. The average molecular weight is 266 g/mol. The maximum atomic E-state index is 11.2. The van der Waals surface area contributed by atoms with Crippen molar-refractivity contribution in [1.29, 1.82) is 0 Å². The molecule has 98 valence electrons. The van der Waals surface area contributed by atoms with Crippen LogP contribution in [-0.2, 0) is 10.1 Å². The van der Waals surface area contributed by atoms with E-state index in [1.165, 1.54) is 37.7 Å². The maximum absolute atomic E-state index is 11.2. The summed E-state index contributed by atoms with van der Waals surface area (Å²) in [5.74, 6) is 0.957. The summed E-state index contributed by atoms with van der Waals surface area (Å²) in [6.07, 6.45) is 6.35. The fourth-order valence-corrected chi connectivity index (χ4v) is 2.85. The van der Waals surface area contributed by atoms with Crippen LogP contribution in [0.4, 0.5) is 0 Å². The zero-order chi connectivity index (χ0) is 13.0. The molecule has 4 heteroatoms. The van der Waals surface area contributed by atoms with Crippen molar-refractivity contribution in [3.05, 3.63) is 41.8 Å². The van der Waals surface area contributed by atoms with Crippen molar-refractivity contribution in [2.24, 2.45) is 0 Å². The van der Waals surface area contributed by atoms with Crippen molar-refractivity contribution in [2.75, 3.05) is 0 Å². The molecule has 1 aliphatic carbocycles. The van der Waals surface area contributed by atoms with E-state index in [0.717, 1.165) is 5.41 Å². The third-order valence-electron chi connectivity index (χ3n) is 3.37. The van der Waals surface area contributed by atoms with Crippen molar-refractivity contribution in [2.45, 2.75) is 38.0 Å². The fourth-order valence-electron chi connectivity index (χ4n) is 2.40. The van der Waals surface area contributed by atoms with Gasteiger partial charge in [0, 0.05) is 0 Å². The predicted molar refractivity (Wildman–Crippen MR) is 72.0 cm³/mol. The van der Waals surface area contributed by atoms with Crippen LogP contribution in [-0.4, -0.2) is 8.42 Å². The lowest BCUT2D eigenvalue weighted by Crippen LogP contribution is -2.06. The molecule has 0 amide bonds. The SMILES string of the molecule is C=CS(=O)(=O)Oc1ccc(C2CCCCC2)cc1. The molecule has 0 bridgehead atoms. The molecule has 1 aromatic rings. The van der Waals surface area contributed by atoms with E-state index in [1.807, 2.05) is 12.1 Å². The van der Waals surface area contributed by atoms with Gasteiger partial charge in [0.2, 0.25) is 0 Å². The van der Waals surface area contributed by atoms with Crippen molar-refractivity contribution in [3.63, 3.8) is 0 Å². The summed E-state index contributed by atoms with van der Waals surface area (Å²) < 4.78 is 27.3. The summed E-state index contributed by atoms with van der Waals surface area (Å²) in [6.45, 7) is 3.21. The van der Waals surface area contributed by atoms with E-state index < -0.39 is 10.1 Å². The Kier molecular flexibility index (Phi) is 4.07. The Bertz CT molecular complexity index is 496. The Morgan fingerprint density at radius 3 is 2.28 bits per heavy atom. The highest BCUT2D eigenvalue weighted by Gasteiger charge is 2.15. The zero-order valence-corrected chi connectivity index (χ0v) is 11.2. The number of benzene rings is 1. The van der Waals surface area contributed by atoms with Gasteiger partial charge in [0.15, 0.2) is 0 Å². The fraction of sp³-hybridized carbons (Fsp3) is 0.429. The second-order valence-electron chi connectivity index (χ2n) is 4.65. The van der Waals surface area contributed by atoms with Gasteiger partial charge in [-0.3, -0.25) is 0 Å². The second-order valence-corrected chi connectivity index (χ2v) is 6.13. The lowest BCUT2D eigenvalue weighted by molar-refractivity contribution is 0.443. The molecule has 0 saturated heterocycles. The minimum Gasteiger partial charge on any atom is -0.379 e. The highest BCUT2D eigenvalue weighted by Crippen LogP contribution is 2.33. The highest BCUT2D eigenvalue weighted by atomic mass is 32.2. The van der Waals surface area contributed by atoms with Gasteiger partial charge in [0.05, 0.1) is 5.41 Å². The number of hydrogen-bond acceptors (Lipinski definition) is 3. The standard InChI is InChI=1S/C14H18O3S/c1-2-18(15,16)17-14-10-8-13(9-11-14)12-6-4-3-5-7-12/h2,8-12H,1,3-7H2. The van der Waals surface area contributed by atoms with E-state index in [0.29, 0.717) is 11.7 Å². The number of hydrogen-bond donors (Lipinski definition) is 0. The largest absolute Gasteiger partial charge is 0.379 e. The minimum atomic E-state index is -3.65. The molecule has 0 heterocycles. The van der Waals surface area contributed by atoms with Crippen LogP contribution in [0, 0.1) is 0 Å². The van der Waals surface area contributed by atoms with Crippen LogP contribution in [0.1, 0.15) is 43.6 Å². The third-order valence-corrected chi connectivity index (χ3v) is 4.21. The summed E-state index contributed by atoms with van der Waals surface area (Å²) in [4.78, 5) is 0. The molecule has 1 fully saturated rings. The van der Waals surface area contributed by atoms with Gasteiger partial charge >= 0.3 is 10.1 Å². The highest BCUT2D eigenvalue weighted by molar-refractivity contribution is 7.90. The van der Waals surface area contributed by atoms with E-state index in [4.69, 9.17) is 4.18 Å². The van der Waals surface area contributed by atoms with Gasteiger partial charge in [0.1, 0.15) is 5.75 Å². The average Bonchev–Trinajstić information content (AvgIpc) is 2.40. The molecular formula is C14H18O3S. The summed E-state index contributed by atoms with van der Waals surface area (Å²) in [7, 11) is -3.65. The first-order valence-electron chi connectivity index (χ1n) is 6.27. The summed E-state index contributed by atoms with van der Waals surface area (Å²) >= 11 is 0. The Labute approximate surface area is 109 Å². The molecule has 1 saturated carbocycles. The Balaban J connectivity index is 2.07. The lowest BCUT2D eigenvalue weighted by Gasteiger charge is -2.21. The van der Waals surface area contributed by atoms with Crippen LogP contribution in [0.3, 0.4) is 0 Å². The zero-order valence-electron chi connectivity index (χ0n) is 10.3. The van der Waals surface area contributed by atoms with Crippen LogP contribution < -0.4 is 4.18 Å². The van der Waals surface area contributed by atoms with Crippen LogP contribution >= 0.6 is 0 Å². The predicted octanol–water partition coefficient (Wildman–Crippen LogP) is 3.59. The van der Waals surface area contributed by atoms with Gasteiger partial charge in [-0.25, -0.2) is 0 Å². The normalized spacial score (nSPS) is 17.3. The number of rotatable bonds is 4. The first-order chi connectivity index (χ1) is 8.61. The quantitative estimate of drug-likeness (QED) is 0.782. The third kappa shape index (κ3) is 3.35. The van der Waals surface area contributed by atoms with Gasteiger partial charge in [-0.15, -0.1) is 0 Å². The van der Waals surface area contributed by atoms with E-state index in [9.17, 15) is 8.42 Å². The molecule has 2 rings (SSSR count). The molecular weight excluding hydrogens is 248 g/mol. The summed E-state index contributed by atoms with van der Waals surface area (Å²) in [5, 5.41) is 0.808. The van der Waals surface area contributed by atoms with Crippen molar-refractivity contribution in [3.8, 4) is 5.75 Å². The van der Waals surface area contributed by atoms with Gasteiger partial charge in [-0.05, 0) is 36.5 Å². The summed E-state index contributed by atoms with van der Waals surface area (Å²) in [5.41, 5.74) is 1.28. The van der Waals surface area contributed by atoms with Crippen LogP contribution in [0.15, 0.2) is 36.3 Å². The monoisotopic (exact) mass is 266 g/mol. The van der Waals surface area contributed by atoms with E-state index >= 15 is 0 Å². The van der Waals surface area contributed by atoms with E-state index in [-0.39, 0.29) is 0 Å². The Hall–Kier alpha value is -1.29. The molecule has 3 nitrogen and oxygen atoms in total. The second kappa shape index (κ2) is 5.57. The summed E-state index contributed by atoms with van der Waals surface area (Å²) in [6, 6.07) is 7.35. The first-order valence-corrected chi connectivity index (χ1v) is 7.75. The van der Waals surface area contributed by atoms with Gasteiger partial charge < -0.3 is 4.18 Å². The smallest absolute Gasteiger partial charge is 0.331 e. The molecule has 1 aromatic carbocycles. The van der Waals surface area contributed by atoms with E-state index in [1.54, 1.807) is 12.1 Å². The molecule has 18 heavy (non-hydrogen) atoms. The van der Waals surface area contributed by atoms with Gasteiger partial charge in [-0.1, -0.05) is 38.0 Å².